The molecule has 0 radical (unpaired) electrons. The second-order valence-electron chi connectivity index (χ2n) is 3.84. The summed E-state index contributed by atoms with van der Waals surface area (Å²) in [6.07, 6.45) is 0. The predicted octanol–water partition coefficient (Wildman–Crippen LogP) is 4.20. The van der Waals surface area contributed by atoms with Gasteiger partial charge in [0.2, 0.25) is 0 Å². The van der Waals surface area contributed by atoms with Crippen molar-refractivity contribution >= 4 is 52.1 Å². The lowest BCUT2D eigenvalue weighted by atomic mass is 10.2. The zero-order valence-corrected chi connectivity index (χ0v) is 12.4. The van der Waals surface area contributed by atoms with Gasteiger partial charge >= 0.3 is 0 Å². The molecule has 1 aromatic heterocycles. The first-order chi connectivity index (χ1) is 9.88. The Balaban J connectivity index is 2.29. The van der Waals surface area contributed by atoms with Crippen molar-refractivity contribution in [2.45, 2.75) is 0 Å². The van der Waals surface area contributed by atoms with Crippen LogP contribution < -0.4 is 5.32 Å². The van der Waals surface area contributed by atoms with Crippen LogP contribution in [0.1, 0.15) is 10.5 Å². The highest BCUT2D eigenvalue weighted by atomic mass is 35.5. The maximum absolute atomic E-state index is 12.0. The number of rotatable bonds is 3. The number of carbonyl (C=O) groups is 1. The number of anilines is 1. The summed E-state index contributed by atoms with van der Waals surface area (Å²) in [7, 11) is 0. The minimum Gasteiger partial charge on any atom is -0.320 e. The zero-order valence-electron chi connectivity index (χ0n) is 10.1. The molecule has 0 aliphatic rings. The largest absolute Gasteiger partial charge is 0.320 e. The average Bonchev–Trinajstić information content (AvgIpc) is 2.43. The molecule has 0 bridgehead atoms. The van der Waals surface area contributed by atoms with Gasteiger partial charge in [-0.25, -0.2) is 4.98 Å². The maximum atomic E-state index is 12.0. The van der Waals surface area contributed by atoms with Crippen molar-refractivity contribution in [1.82, 2.24) is 4.98 Å². The van der Waals surface area contributed by atoms with Gasteiger partial charge in [-0.3, -0.25) is 14.9 Å². The van der Waals surface area contributed by atoms with E-state index >= 15 is 0 Å². The highest BCUT2D eigenvalue weighted by Crippen LogP contribution is 2.28. The minimum absolute atomic E-state index is 0.0306. The van der Waals surface area contributed by atoms with Crippen LogP contribution in [0.3, 0.4) is 0 Å². The SMILES string of the molecule is O=C(Nc1ccc(Cl)c([N+](=O)[O-])c1)c1nc(Cl)ccc1Cl. The molecule has 0 aliphatic heterocycles. The number of carbonyl (C=O) groups excluding carboxylic acids is 1. The van der Waals surface area contributed by atoms with E-state index in [0.717, 1.165) is 6.07 Å². The van der Waals surface area contributed by atoms with Crippen LogP contribution in [-0.4, -0.2) is 15.8 Å². The molecule has 2 aromatic rings. The maximum Gasteiger partial charge on any atom is 0.289 e. The van der Waals surface area contributed by atoms with Gasteiger partial charge in [0.1, 0.15) is 15.9 Å². The molecular weight excluding hydrogens is 341 g/mol. The molecule has 2 rings (SSSR count). The van der Waals surface area contributed by atoms with Crippen molar-refractivity contribution in [2.24, 2.45) is 0 Å². The van der Waals surface area contributed by atoms with E-state index in [1.54, 1.807) is 0 Å². The Morgan fingerprint density at radius 3 is 2.48 bits per heavy atom. The van der Waals surface area contributed by atoms with Gasteiger partial charge in [0.25, 0.3) is 11.6 Å². The summed E-state index contributed by atoms with van der Waals surface area (Å²) < 4.78 is 0. The monoisotopic (exact) mass is 345 g/mol. The predicted molar refractivity (Wildman–Crippen MR) is 80.3 cm³/mol. The molecule has 0 atom stereocenters. The summed E-state index contributed by atoms with van der Waals surface area (Å²) in [5, 5.41) is 13.4. The van der Waals surface area contributed by atoms with Crippen molar-refractivity contribution in [3.05, 3.63) is 61.3 Å². The normalized spacial score (nSPS) is 10.2. The van der Waals surface area contributed by atoms with E-state index in [9.17, 15) is 14.9 Å². The number of aromatic nitrogens is 1. The van der Waals surface area contributed by atoms with Gasteiger partial charge in [-0.05, 0) is 24.3 Å². The van der Waals surface area contributed by atoms with E-state index in [-0.39, 0.29) is 32.3 Å². The Morgan fingerprint density at radius 2 is 1.81 bits per heavy atom. The fraction of sp³-hybridized carbons (Fsp3) is 0. The summed E-state index contributed by atoms with van der Waals surface area (Å²) in [4.78, 5) is 26.0. The first-order valence-corrected chi connectivity index (χ1v) is 6.59. The molecular formula is C12H6Cl3N3O3. The Kier molecular flexibility index (Phi) is 4.62. The molecule has 9 heteroatoms. The van der Waals surface area contributed by atoms with Crippen LogP contribution in [0.25, 0.3) is 0 Å². The number of nitrogens with zero attached hydrogens (tertiary/aromatic N) is 2. The molecule has 1 amide bonds. The molecule has 6 nitrogen and oxygen atoms in total. The Bertz CT molecular complexity index is 737. The molecule has 0 saturated heterocycles. The molecule has 0 unspecified atom stereocenters. The highest BCUT2D eigenvalue weighted by molar-refractivity contribution is 6.35. The lowest BCUT2D eigenvalue weighted by Crippen LogP contribution is -2.14. The fourth-order valence-electron chi connectivity index (χ4n) is 1.50. The van der Waals surface area contributed by atoms with Gasteiger partial charge in [-0.15, -0.1) is 0 Å². The van der Waals surface area contributed by atoms with Gasteiger partial charge in [0, 0.05) is 11.8 Å². The fourth-order valence-corrected chi connectivity index (χ4v) is 2.02. The molecule has 1 heterocycles. The number of nitro benzene ring substituents is 1. The van der Waals surface area contributed by atoms with Crippen molar-refractivity contribution in [3.63, 3.8) is 0 Å². The Labute approximate surface area is 133 Å². The smallest absolute Gasteiger partial charge is 0.289 e. The van der Waals surface area contributed by atoms with E-state index < -0.39 is 10.8 Å². The van der Waals surface area contributed by atoms with E-state index in [2.05, 4.69) is 10.3 Å². The second-order valence-corrected chi connectivity index (χ2v) is 5.04. The van der Waals surface area contributed by atoms with Gasteiger partial charge in [0.05, 0.1) is 9.95 Å². The molecule has 108 valence electrons. The first kappa shape index (κ1) is 15.5. The molecule has 21 heavy (non-hydrogen) atoms. The number of halogens is 3. The molecule has 0 aliphatic carbocycles. The topological polar surface area (TPSA) is 85.1 Å². The summed E-state index contributed by atoms with van der Waals surface area (Å²) >= 11 is 17.2. The third-order valence-electron chi connectivity index (χ3n) is 2.43. The van der Waals surface area contributed by atoms with Crippen LogP contribution in [0.5, 0.6) is 0 Å². The van der Waals surface area contributed by atoms with Crippen LogP contribution >= 0.6 is 34.8 Å². The number of benzene rings is 1. The number of pyridine rings is 1. The van der Waals surface area contributed by atoms with Crippen LogP contribution in [0.15, 0.2) is 30.3 Å². The van der Waals surface area contributed by atoms with Crippen molar-refractivity contribution in [1.29, 1.82) is 0 Å². The van der Waals surface area contributed by atoms with Crippen LogP contribution in [0, 0.1) is 10.1 Å². The summed E-state index contributed by atoms with van der Waals surface area (Å²) in [6.45, 7) is 0. The number of nitrogens with one attached hydrogen (secondary N) is 1. The second kappa shape index (κ2) is 6.26. The molecule has 0 fully saturated rings. The first-order valence-electron chi connectivity index (χ1n) is 5.46. The van der Waals surface area contributed by atoms with Gasteiger partial charge in [-0.2, -0.15) is 0 Å². The van der Waals surface area contributed by atoms with Crippen LogP contribution in [0.4, 0.5) is 11.4 Å². The van der Waals surface area contributed by atoms with Crippen molar-refractivity contribution < 1.29 is 9.72 Å². The average molecular weight is 347 g/mol. The lowest BCUT2D eigenvalue weighted by molar-refractivity contribution is -0.384. The van der Waals surface area contributed by atoms with Crippen molar-refractivity contribution in [3.8, 4) is 0 Å². The quantitative estimate of drug-likeness (QED) is 0.512. The molecule has 0 spiro atoms. The van der Waals surface area contributed by atoms with Crippen LogP contribution in [-0.2, 0) is 0 Å². The molecule has 1 aromatic carbocycles. The summed E-state index contributed by atoms with van der Waals surface area (Å²) in [5.74, 6) is -0.640. The van der Waals surface area contributed by atoms with Crippen LogP contribution in [0.2, 0.25) is 15.2 Å². The van der Waals surface area contributed by atoms with E-state index in [0.29, 0.717) is 0 Å². The third kappa shape index (κ3) is 3.60. The summed E-state index contributed by atoms with van der Waals surface area (Å²) in [6, 6.07) is 6.73. The molecule has 0 saturated carbocycles. The number of hydrogen-bond acceptors (Lipinski definition) is 4. The standard InChI is InChI=1S/C12H6Cl3N3O3/c13-7-2-1-6(5-9(7)18(20)21)16-12(19)11-8(14)3-4-10(15)17-11/h1-5H,(H,16,19). The van der Waals surface area contributed by atoms with Gasteiger partial charge < -0.3 is 5.32 Å². The lowest BCUT2D eigenvalue weighted by Gasteiger charge is -2.06. The van der Waals surface area contributed by atoms with E-state index in [1.807, 2.05) is 0 Å². The van der Waals surface area contributed by atoms with Gasteiger partial charge in [-0.1, -0.05) is 34.8 Å². The Hall–Kier alpha value is -1.89. The van der Waals surface area contributed by atoms with E-state index in [4.69, 9.17) is 34.8 Å². The van der Waals surface area contributed by atoms with Crippen molar-refractivity contribution in [2.75, 3.05) is 5.32 Å². The number of amides is 1. The van der Waals surface area contributed by atoms with E-state index in [1.165, 1.54) is 24.3 Å². The zero-order chi connectivity index (χ0) is 15.6. The minimum atomic E-state index is -0.650. The summed E-state index contributed by atoms with van der Waals surface area (Å²) in [5.41, 5.74) is -0.213. The highest BCUT2D eigenvalue weighted by Gasteiger charge is 2.17. The molecule has 1 N–H and O–H groups in total. The van der Waals surface area contributed by atoms with Gasteiger partial charge in [0.15, 0.2) is 0 Å². The Morgan fingerprint density at radius 1 is 1.14 bits per heavy atom. The number of hydrogen-bond donors (Lipinski definition) is 1. The third-order valence-corrected chi connectivity index (χ3v) is 3.26. The number of nitro groups is 1.